The van der Waals surface area contributed by atoms with Crippen LogP contribution >= 0.6 is 11.3 Å². The van der Waals surface area contributed by atoms with E-state index >= 15 is 0 Å². The number of aryl methyl sites for hydroxylation is 2. The van der Waals surface area contributed by atoms with Crippen LogP contribution in [0.1, 0.15) is 61.3 Å². The maximum Gasteiger partial charge on any atom is 0.321 e. The van der Waals surface area contributed by atoms with Crippen molar-refractivity contribution in [1.82, 2.24) is 25.3 Å². The van der Waals surface area contributed by atoms with Gasteiger partial charge in [0.2, 0.25) is 5.13 Å². The first kappa shape index (κ1) is 18.8. The highest BCUT2D eigenvalue weighted by atomic mass is 32.1. The van der Waals surface area contributed by atoms with Crippen LogP contribution in [-0.4, -0.2) is 32.6 Å². The Labute approximate surface area is 158 Å². The predicted octanol–water partition coefficient (Wildman–Crippen LogP) is 3.86. The van der Waals surface area contributed by atoms with Crippen LogP contribution < -0.4 is 10.6 Å². The highest BCUT2D eigenvalue weighted by Gasteiger charge is 2.20. The summed E-state index contributed by atoms with van der Waals surface area (Å²) in [5.41, 5.74) is 2.16. The molecule has 0 radical (unpaired) electrons. The molecule has 1 fully saturated rings. The normalized spacial score (nSPS) is 16.4. The molecule has 2 N–H and O–H groups in total. The molecule has 3 rings (SSSR count). The summed E-state index contributed by atoms with van der Waals surface area (Å²) >= 11 is 1.50. The Hall–Kier alpha value is -1.96. The molecule has 1 atom stereocenters. The minimum Gasteiger partial charge on any atom is -0.337 e. The zero-order chi connectivity index (χ0) is 18.5. The number of rotatable bonds is 6. The van der Waals surface area contributed by atoms with Gasteiger partial charge in [-0.25, -0.2) is 4.79 Å². The van der Waals surface area contributed by atoms with Gasteiger partial charge in [0.1, 0.15) is 5.01 Å². The van der Waals surface area contributed by atoms with Crippen molar-refractivity contribution in [1.29, 1.82) is 0 Å². The zero-order valence-electron chi connectivity index (χ0n) is 15.8. The number of carbonyl (C=O) groups excluding carboxylic acids is 1. The quantitative estimate of drug-likeness (QED) is 0.802. The lowest BCUT2D eigenvalue weighted by Gasteiger charge is -2.18. The molecule has 1 aliphatic carbocycles. The smallest absolute Gasteiger partial charge is 0.321 e. The van der Waals surface area contributed by atoms with E-state index in [4.69, 9.17) is 0 Å². The fourth-order valence-corrected chi connectivity index (χ4v) is 4.33. The van der Waals surface area contributed by atoms with Crippen molar-refractivity contribution in [2.24, 2.45) is 5.92 Å². The molecule has 0 saturated heterocycles. The van der Waals surface area contributed by atoms with Crippen molar-refractivity contribution >= 4 is 22.5 Å². The molecule has 0 aliphatic heterocycles. The molecular formula is C18H28N6OS. The number of hydrogen-bond acceptors (Lipinski definition) is 5. The van der Waals surface area contributed by atoms with Gasteiger partial charge in [0.25, 0.3) is 0 Å². The molecule has 1 aliphatic rings. The number of nitrogens with one attached hydrogen (secondary N) is 2. The second-order valence-electron chi connectivity index (χ2n) is 7.33. The first-order chi connectivity index (χ1) is 12.5. The molecule has 2 aromatic heterocycles. The fraction of sp³-hybridized carbons (Fsp3) is 0.667. The Kier molecular flexibility index (Phi) is 6.24. The van der Waals surface area contributed by atoms with Crippen LogP contribution in [0.15, 0.2) is 6.07 Å². The number of nitrogens with zero attached hydrogens (tertiary/aromatic N) is 4. The van der Waals surface area contributed by atoms with Crippen LogP contribution in [0.25, 0.3) is 0 Å². The van der Waals surface area contributed by atoms with E-state index in [9.17, 15) is 4.79 Å². The molecule has 1 unspecified atom stereocenters. The second-order valence-corrected chi connectivity index (χ2v) is 8.34. The van der Waals surface area contributed by atoms with E-state index in [1.54, 1.807) is 0 Å². The summed E-state index contributed by atoms with van der Waals surface area (Å²) in [6, 6.07) is 1.84. The van der Waals surface area contributed by atoms with Gasteiger partial charge in [0.15, 0.2) is 0 Å². The van der Waals surface area contributed by atoms with Gasteiger partial charge in [0.05, 0.1) is 5.69 Å². The zero-order valence-corrected chi connectivity index (χ0v) is 16.6. The highest BCUT2D eigenvalue weighted by molar-refractivity contribution is 7.15. The number of amides is 2. The lowest BCUT2D eigenvalue weighted by molar-refractivity contribution is 0.249. The summed E-state index contributed by atoms with van der Waals surface area (Å²) in [6.45, 7) is 7.50. The number of carbonyl (C=O) groups is 1. The van der Waals surface area contributed by atoms with Crippen molar-refractivity contribution in [3.8, 4) is 0 Å². The Morgan fingerprint density at radius 2 is 2.08 bits per heavy atom. The number of aromatic nitrogens is 4. The Bertz CT molecular complexity index is 734. The van der Waals surface area contributed by atoms with Gasteiger partial charge in [0, 0.05) is 24.7 Å². The molecule has 0 aromatic carbocycles. The standard InChI is InChI=1S/C18H28N6OS/c1-12(11-24-14(3)9-13(2)23-24)10-19-17(25)20-18-22-21-16(26-18)15-7-5-4-6-8-15/h9,12,15H,4-8,10-11H2,1-3H3,(H2,19,20,22,25). The molecule has 1 saturated carbocycles. The van der Waals surface area contributed by atoms with Gasteiger partial charge in [-0.1, -0.05) is 37.5 Å². The van der Waals surface area contributed by atoms with Crippen molar-refractivity contribution in [3.05, 3.63) is 22.5 Å². The summed E-state index contributed by atoms with van der Waals surface area (Å²) in [6.07, 6.45) is 6.22. The average Bonchev–Trinajstić information content (AvgIpc) is 3.20. The molecule has 8 heteroatoms. The first-order valence-corrected chi connectivity index (χ1v) is 10.2. The predicted molar refractivity (Wildman–Crippen MR) is 104 cm³/mol. The highest BCUT2D eigenvalue weighted by Crippen LogP contribution is 2.35. The third kappa shape index (κ3) is 5.03. The maximum atomic E-state index is 12.1. The van der Waals surface area contributed by atoms with E-state index in [-0.39, 0.29) is 11.9 Å². The summed E-state index contributed by atoms with van der Waals surface area (Å²) < 4.78 is 1.99. The SMILES string of the molecule is Cc1cc(C)n(CC(C)CNC(=O)Nc2nnc(C3CCCCC3)s2)n1. The molecule has 7 nitrogen and oxygen atoms in total. The summed E-state index contributed by atoms with van der Waals surface area (Å²) in [7, 11) is 0. The Balaban J connectivity index is 1.43. The second kappa shape index (κ2) is 8.62. The Morgan fingerprint density at radius 1 is 1.31 bits per heavy atom. The van der Waals surface area contributed by atoms with E-state index in [0.717, 1.165) is 22.9 Å². The minimum atomic E-state index is -0.225. The van der Waals surface area contributed by atoms with E-state index in [0.29, 0.717) is 17.6 Å². The molecule has 2 aromatic rings. The van der Waals surface area contributed by atoms with Gasteiger partial charge in [-0.2, -0.15) is 5.10 Å². The van der Waals surface area contributed by atoms with E-state index in [1.165, 1.54) is 43.4 Å². The Morgan fingerprint density at radius 3 is 2.77 bits per heavy atom. The summed E-state index contributed by atoms with van der Waals surface area (Å²) in [4.78, 5) is 12.1. The van der Waals surface area contributed by atoms with E-state index in [1.807, 2.05) is 18.5 Å². The van der Waals surface area contributed by atoms with Gasteiger partial charge in [-0.3, -0.25) is 10.00 Å². The van der Waals surface area contributed by atoms with Crippen LogP contribution in [-0.2, 0) is 6.54 Å². The number of hydrogen-bond donors (Lipinski definition) is 2. The molecule has 2 heterocycles. The molecule has 26 heavy (non-hydrogen) atoms. The van der Waals surface area contributed by atoms with Crippen LogP contribution in [0.3, 0.4) is 0 Å². The molecule has 0 spiro atoms. The third-order valence-corrected chi connectivity index (χ3v) is 5.82. The fourth-order valence-electron chi connectivity index (χ4n) is 3.43. The lowest BCUT2D eigenvalue weighted by Crippen LogP contribution is -2.33. The van der Waals surface area contributed by atoms with Crippen LogP contribution in [0.5, 0.6) is 0 Å². The molecular weight excluding hydrogens is 348 g/mol. The minimum absolute atomic E-state index is 0.225. The summed E-state index contributed by atoms with van der Waals surface area (Å²) in [5.74, 6) is 0.798. The van der Waals surface area contributed by atoms with Crippen LogP contribution in [0.2, 0.25) is 0 Å². The monoisotopic (exact) mass is 376 g/mol. The first-order valence-electron chi connectivity index (χ1n) is 9.40. The maximum absolute atomic E-state index is 12.1. The molecule has 2 amide bonds. The van der Waals surface area contributed by atoms with Crippen molar-refractivity contribution in [2.75, 3.05) is 11.9 Å². The third-order valence-electron chi connectivity index (χ3n) is 4.81. The molecule has 0 bridgehead atoms. The van der Waals surface area contributed by atoms with Crippen molar-refractivity contribution in [3.63, 3.8) is 0 Å². The van der Waals surface area contributed by atoms with Crippen molar-refractivity contribution in [2.45, 2.75) is 65.3 Å². The molecule has 142 valence electrons. The van der Waals surface area contributed by atoms with E-state index < -0.39 is 0 Å². The number of anilines is 1. The van der Waals surface area contributed by atoms with Crippen LogP contribution in [0, 0.1) is 19.8 Å². The largest absolute Gasteiger partial charge is 0.337 e. The average molecular weight is 377 g/mol. The topological polar surface area (TPSA) is 84.7 Å². The summed E-state index contributed by atoms with van der Waals surface area (Å²) in [5, 5.41) is 20.2. The van der Waals surface area contributed by atoms with E-state index in [2.05, 4.69) is 38.9 Å². The van der Waals surface area contributed by atoms with Gasteiger partial charge < -0.3 is 5.32 Å². The lowest BCUT2D eigenvalue weighted by atomic mass is 9.90. The van der Waals surface area contributed by atoms with Crippen molar-refractivity contribution < 1.29 is 4.79 Å². The van der Waals surface area contributed by atoms with Gasteiger partial charge >= 0.3 is 6.03 Å². The van der Waals surface area contributed by atoms with Gasteiger partial charge in [-0.15, -0.1) is 10.2 Å². The number of urea groups is 1. The van der Waals surface area contributed by atoms with Crippen LogP contribution in [0.4, 0.5) is 9.93 Å². The van der Waals surface area contributed by atoms with Gasteiger partial charge in [-0.05, 0) is 38.7 Å².